The number of hydrazone groups is 1. The van der Waals surface area contributed by atoms with Crippen LogP contribution < -0.4 is 10.2 Å². The van der Waals surface area contributed by atoms with E-state index < -0.39 is 0 Å². The normalized spacial score (nSPS) is 11.5. The fourth-order valence-corrected chi connectivity index (χ4v) is 2.04. The molecule has 24 heavy (non-hydrogen) atoms. The molecule has 0 aromatic heterocycles. The van der Waals surface area contributed by atoms with Gasteiger partial charge in [-0.15, -0.1) is 0 Å². The second kappa shape index (κ2) is 8.67. The molecule has 0 aliphatic rings. The Labute approximate surface area is 142 Å². The number of hydrogen-bond donors (Lipinski definition) is 1. The summed E-state index contributed by atoms with van der Waals surface area (Å²) in [4.78, 5) is 11.7. The zero-order chi connectivity index (χ0) is 17.4. The highest BCUT2D eigenvalue weighted by Gasteiger charge is 2.02. The summed E-state index contributed by atoms with van der Waals surface area (Å²) in [7, 11) is 0. The predicted molar refractivity (Wildman–Crippen MR) is 98.1 cm³/mol. The molecule has 2 aromatic rings. The summed E-state index contributed by atoms with van der Waals surface area (Å²) in [6.45, 7) is 5.90. The molecule has 4 nitrogen and oxygen atoms in total. The summed E-state index contributed by atoms with van der Waals surface area (Å²) in [6, 6.07) is 15.7. The van der Waals surface area contributed by atoms with Crippen LogP contribution in [0.1, 0.15) is 23.6 Å². The molecule has 0 fully saturated rings. The van der Waals surface area contributed by atoms with E-state index in [-0.39, 0.29) is 12.5 Å². The lowest BCUT2D eigenvalue weighted by Crippen LogP contribution is -2.24. The van der Waals surface area contributed by atoms with Crippen molar-refractivity contribution in [1.82, 2.24) is 5.43 Å². The van der Waals surface area contributed by atoms with Crippen LogP contribution in [0, 0.1) is 13.8 Å². The highest BCUT2D eigenvalue weighted by molar-refractivity contribution is 5.86. The van der Waals surface area contributed by atoms with E-state index in [1.165, 1.54) is 5.56 Å². The molecule has 0 aliphatic carbocycles. The van der Waals surface area contributed by atoms with Crippen molar-refractivity contribution < 1.29 is 9.53 Å². The molecular weight excluding hydrogens is 300 g/mol. The zero-order valence-corrected chi connectivity index (χ0v) is 14.2. The summed E-state index contributed by atoms with van der Waals surface area (Å²) in [5.41, 5.74) is 6.81. The monoisotopic (exact) mass is 322 g/mol. The third-order valence-electron chi connectivity index (χ3n) is 3.50. The Hall–Kier alpha value is -2.88. The topological polar surface area (TPSA) is 50.7 Å². The van der Waals surface area contributed by atoms with Crippen molar-refractivity contribution in [3.8, 4) is 5.75 Å². The van der Waals surface area contributed by atoms with Crippen LogP contribution in [0.2, 0.25) is 0 Å². The molecule has 4 heteroatoms. The second-order valence-electron chi connectivity index (χ2n) is 5.63. The largest absolute Gasteiger partial charge is 0.484 e. The minimum Gasteiger partial charge on any atom is -0.484 e. The predicted octanol–water partition coefficient (Wildman–Crippen LogP) is 3.89. The molecule has 0 heterocycles. The van der Waals surface area contributed by atoms with Gasteiger partial charge in [0, 0.05) is 0 Å². The van der Waals surface area contributed by atoms with Gasteiger partial charge in [-0.3, -0.25) is 4.79 Å². The third-order valence-corrected chi connectivity index (χ3v) is 3.50. The van der Waals surface area contributed by atoms with Gasteiger partial charge in [0.15, 0.2) is 6.61 Å². The van der Waals surface area contributed by atoms with Crippen LogP contribution in [0.5, 0.6) is 5.75 Å². The first-order valence-electron chi connectivity index (χ1n) is 7.80. The maximum absolute atomic E-state index is 11.7. The summed E-state index contributed by atoms with van der Waals surface area (Å²) < 4.78 is 5.46. The Kier molecular flexibility index (Phi) is 6.32. The molecule has 0 aliphatic heterocycles. The molecule has 0 saturated carbocycles. The number of nitrogens with one attached hydrogen (secondary N) is 1. The SMILES string of the molecule is CC(/C=N/NC(=O)COc1ccc(C)c(C)c1)=C\c1ccccc1. The Bertz CT molecular complexity index is 749. The number of benzene rings is 2. The summed E-state index contributed by atoms with van der Waals surface area (Å²) in [6.07, 6.45) is 3.60. The molecule has 0 radical (unpaired) electrons. The van der Waals surface area contributed by atoms with Gasteiger partial charge in [0.05, 0.1) is 6.21 Å². The molecule has 2 aromatic carbocycles. The minimum absolute atomic E-state index is 0.0682. The van der Waals surface area contributed by atoms with Crippen molar-refractivity contribution in [1.29, 1.82) is 0 Å². The van der Waals surface area contributed by atoms with Crippen molar-refractivity contribution in [2.45, 2.75) is 20.8 Å². The Morgan fingerprint density at radius 2 is 1.88 bits per heavy atom. The highest BCUT2D eigenvalue weighted by Crippen LogP contribution is 2.16. The van der Waals surface area contributed by atoms with Crippen molar-refractivity contribution >= 4 is 18.2 Å². The Morgan fingerprint density at radius 1 is 1.12 bits per heavy atom. The minimum atomic E-state index is -0.294. The number of aryl methyl sites for hydroxylation is 2. The first kappa shape index (κ1) is 17.5. The number of carbonyl (C=O) groups excluding carboxylic acids is 1. The average Bonchev–Trinajstić information content (AvgIpc) is 2.57. The van der Waals surface area contributed by atoms with Crippen LogP contribution in [-0.2, 0) is 4.79 Å². The van der Waals surface area contributed by atoms with Gasteiger partial charge in [-0.05, 0) is 55.2 Å². The maximum atomic E-state index is 11.7. The lowest BCUT2D eigenvalue weighted by molar-refractivity contribution is -0.123. The van der Waals surface area contributed by atoms with Crippen molar-refractivity contribution in [3.63, 3.8) is 0 Å². The average molecular weight is 322 g/mol. The Morgan fingerprint density at radius 3 is 2.58 bits per heavy atom. The van der Waals surface area contributed by atoms with Crippen LogP contribution in [-0.4, -0.2) is 18.7 Å². The molecule has 1 N–H and O–H groups in total. The number of ether oxygens (including phenoxy) is 1. The molecule has 0 saturated heterocycles. The second-order valence-corrected chi connectivity index (χ2v) is 5.63. The fraction of sp³-hybridized carbons (Fsp3) is 0.200. The van der Waals surface area contributed by atoms with Crippen LogP contribution in [0.4, 0.5) is 0 Å². The van der Waals surface area contributed by atoms with Gasteiger partial charge in [-0.2, -0.15) is 5.10 Å². The van der Waals surface area contributed by atoms with Crippen LogP contribution in [0.25, 0.3) is 6.08 Å². The summed E-state index contributed by atoms with van der Waals surface area (Å²) in [5.74, 6) is 0.384. The van der Waals surface area contributed by atoms with E-state index in [9.17, 15) is 4.79 Å². The van der Waals surface area contributed by atoms with E-state index >= 15 is 0 Å². The van der Waals surface area contributed by atoms with Gasteiger partial charge in [0.1, 0.15) is 5.75 Å². The highest BCUT2D eigenvalue weighted by atomic mass is 16.5. The third kappa shape index (κ3) is 5.72. The maximum Gasteiger partial charge on any atom is 0.277 e. The molecule has 124 valence electrons. The Balaban J connectivity index is 1.80. The van der Waals surface area contributed by atoms with Gasteiger partial charge < -0.3 is 4.74 Å². The van der Waals surface area contributed by atoms with Crippen LogP contribution in [0.3, 0.4) is 0 Å². The van der Waals surface area contributed by atoms with Crippen molar-refractivity contribution in [2.75, 3.05) is 6.61 Å². The quantitative estimate of drug-likeness (QED) is 0.648. The number of allylic oxidation sites excluding steroid dienone is 1. The van der Waals surface area contributed by atoms with Gasteiger partial charge in [-0.1, -0.05) is 42.5 Å². The molecule has 1 amide bonds. The summed E-state index contributed by atoms with van der Waals surface area (Å²) in [5, 5.41) is 3.94. The van der Waals surface area contributed by atoms with Crippen molar-refractivity contribution in [3.05, 3.63) is 70.8 Å². The number of hydrogen-bond acceptors (Lipinski definition) is 3. The number of rotatable bonds is 6. The van der Waals surface area contributed by atoms with Crippen LogP contribution in [0.15, 0.2) is 59.2 Å². The molecule has 0 atom stereocenters. The van der Waals surface area contributed by atoms with E-state index in [1.54, 1.807) is 6.21 Å². The lowest BCUT2D eigenvalue weighted by Gasteiger charge is -2.07. The van der Waals surface area contributed by atoms with Gasteiger partial charge >= 0.3 is 0 Å². The molecule has 0 unspecified atom stereocenters. The first-order chi connectivity index (χ1) is 11.5. The molecular formula is C20H22N2O2. The molecule has 0 spiro atoms. The molecule has 0 bridgehead atoms. The zero-order valence-electron chi connectivity index (χ0n) is 14.2. The number of carbonyl (C=O) groups is 1. The van der Waals surface area contributed by atoms with E-state index in [2.05, 4.69) is 10.5 Å². The smallest absolute Gasteiger partial charge is 0.277 e. The van der Waals surface area contributed by atoms with Crippen LogP contribution >= 0.6 is 0 Å². The lowest BCUT2D eigenvalue weighted by atomic mass is 10.1. The van der Waals surface area contributed by atoms with Gasteiger partial charge in [0.25, 0.3) is 5.91 Å². The number of nitrogens with zero attached hydrogens (tertiary/aromatic N) is 1. The van der Waals surface area contributed by atoms with Crippen molar-refractivity contribution in [2.24, 2.45) is 5.10 Å². The summed E-state index contributed by atoms with van der Waals surface area (Å²) >= 11 is 0. The fourth-order valence-electron chi connectivity index (χ4n) is 2.04. The molecule has 2 rings (SSSR count). The van der Waals surface area contributed by atoms with E-state index in [1.807, 2.05) is 75.4 Å². The van der Waals surface area contributed by atoms with Gasteiger partial charge in [-0.25, -0.2) is 5.43 Å². The number of amides is 1. The van der Waals surface area contributed by atoms with E-state index in [0.29, 0.717) is 5.75 Å². The van der Waals surface area contributed by atoms with E-state index in [4.69, 9.17) is 4.74 Å². The first-order valence-corrected chi connectivity index (χ1v) is 7.80. The van der Waals surface area contributed by atoms with Gasteiger partial charge in [0.2, 0.25) is 0 Å². The standard InChI is InChI=1S/C20H22N2O2/c1-15(11-18-7-5-4-6-8-18)13-21-22-20(23)14-24-19-10-9-16(2)17(3)12-19/h4-13H,14H2,1-3H3,(H,22,23)/b15-11+,21-13+. The van der Waals surface area contributed by atoms with E-state index in [0.717, 1.165) is 16.7 Å².